The van der Waals surface area contributed by atoms with Crippen LogP contribution in [0.25, 0.3) is 11.2 Å². The third-order valence-electron chi connectivity index (χ3n) is 3.49. The minimum absolute atomic E-state index is 0.272. The van der Waals surface area contributed by atoms with Crippen molar-refractivity contribution in [2.45, 2.75) is 18.4 Å². The van der Waals surface area contributed by atoms with E-state index in [9.17, 15) is 13.9 Å². The average molecular weight is 313 g/mol. The van der Waals surface area contributed by atoms with Crippen LogP contribution >= 0.6 is 0 Å². The van der Waals surface area contributed by atoms with Crippen molar-refractivity contribution in [1.82, 2.24) is 19.5 Å². The number of ether oxygens (including phenoxy) is 1. The summed E-state index contributed by atoms with van der Waals surface area (Å²) in [5.74, 6) is 0.437. The molecule has 3 heterocycles. The lowest BCUT2D eigenvalue weighted by Gasteiger charge is -2.14. The number of fused-ring (bicyclic) bond motifs is 1. The molecule has 0 radical (unpaired) electrons. The molecule has 2 aromatic heterocycles. The van der Waals surface area contributed by atoms with Gasteiger partial charge in [0.1, 0.15) is 18.5 Å². The molecule has 0 spiro atoms. The lowest BCUT2D eigenvalue weighted by atomic mass is 10.1. The Labute approximate surface area is 123 Å². The van der Waals surface area contributed by atoms with Crippen molar-refractivity contribution in [1.29, 1.82) is 0 Å². The Morgan fingerprint density at radius 3 is 2.82 bits per heavy atom. The molecule has 3 rings (SSSR count). The monoisotopic (exact) mass is 313 g/mol. The van der Waals surface area contributed by atoms with Gasteiger partial charge in [-0.25, -0.2) is 15.0 Å². The van der Waals surface area contributed by atoms with Crippen molar-refractivity contribution in [3.63, 3.8) is 0 Å². The molecule has 0 saturated carbocycles. The van der Waals surface area contributed by atoms with Gasteiger partial charge in [0.2, 0.25) is 0 Å². The minimum atomic E-state index is -2.06. The lowest BCUT2D eigenvalue weighted by molar-refractivity contribution is -0.0423. The molecule has 22 heavy (non-hydrogen) atoms. The molecule has 2 aromatic rings. The van der Waals surface area contributed by atoms with Crippen LogP contribution in [-0.2, 0) is 4.74 Å². The molecule has 0 bridgehead atoms. The van der Waals surface area contributed by atoms with E-state index in [1.807, 2.05) is 0 Å². The maximum Gasteiger partial charge on any atom is 0.276 e. The topological polar surface area (TPSA) is 105 Å². The van der Waals surface area contributed by atoms with E-state index in [0.717, 1.165) is 0 Å². The molecule has 1 aliphatic heterocycles. The SMILES string of the molecule is CNc1ncnc2c1ncn2[C@@H]1O[C@H](CO)[C@@H](O)C1=C(F)F. The van der Waals surface area contributed by atoms with Crippen molar-refractivity contribution in [2.24, 2.45) is 0 Å². The molecule has 118 valence electrons. The molecule has 1 aliphatic rings. The van der Waals surface area contributed by atoms with Gasteiger partial charge >= 0.3 is 0 Å². The van der Waals surface area contributed by atoms with E-state index in [-0.39, 0.29) is 5.65 Å². The summed E-state index contributed by atoms with van der Waals surface area (Å²) in [5.41, 5.74) is 0.0472. The summed E-state index contributed by atoms with van der Waals surface area (Å²) in [5, 5.41) is 21.8. The van der Waals surface area contributed by atoms with Gasteiger partial charge in [0.15, 0.2) is 23.2 Å². The number of nitrogens with zero attached hydrogens (tertiary/aromatic N) is 4. The second-order valence-electron chi connectivity index (χ2n) is 4.67. The summed E-state index contributed by atoms with van der Waals surface area (Å²) in [6.07, 6.45) is -3.54. The summed E-state index contributed by atoms with van der Waals surface area (Å²) in [4.78, 5) is 12.1. The van der Waals surface area contributed by atoms with Gasteiger partial charge in [-0.2, -0.15) is 8.78 Å². The Morgan fingerprint density at radius 2 is 2.18 bits per heavy atom. The van der Waals surface area contributed by atoms with Crippen LogP contribution in [0, 0.1) is 0 Å². The first-order chi connectivity index (χ1) is 10.6. The quantitative estimate of drug-likeness (QED) is 0.747. The molecule has 1 fully saturated rings. The molecule has 1 saturated heterocycles. The predicted molar refractivity (Wildman–Crippen MR) is 71.1 cm³/mol. The Morgan fingerprint density at radius 1 is 1.41 bits per heavy atom. The number of aliphatic hydroxyl groups is 2. The lowest BCUT2D eigenvalue weighted by Crippen LogP contribution is -2.25. The van der Waals surface area contributed by atoms with Crippen molar-refractivity contribution in [2.75, 3.05) is 19.0 Å². The number of halogens is 2. The van der Waals surface area contributed by atoms with Crippen LogP contribution < -0.4 is 5.32 Å². The number of anilines is 1. The highest BCUT2D eigenvalue weighted by Crippen LogP contribution is 2.38. The molecular formula is C12H13F2N5O3. The van der Waals surface area contributed by atoms with Gasteiger partial charge in [-0.15, -0.1) is 0 Å². The van der Waals surface area contributed by atoms with Crippen LogP contribution in [0.3, 0.4) is 0 Å². The maximum atomic E-state index is 13.2. The van der Waals surface area contributed by atoms with Crippen LogP contribution in [0.5, 0.6) is 0 Å². The Bertz CT molecular complexity index is 731. The van der Waals surface area contributed by atoms with E-state index < -0.39 is 36.7 Å². The van der Waals surface area contributed by atoms with Crippen LogP contribution in [0.15, 0.2) is 24.3 Å². The molecule has 10 heteroatoms. The number of aliphatic hydroxyl groups excluding tert-OH is 2. The average Bonchev–Trinajstić information content (AvgIpc) is 3.07. The van der Waals surface area contributed by atoms with Gasteiger partial charge < -0.3 is 20.3 Å². The molecular weight excluding hydrogens is 300 g/mol. The zero-order valence-electron chi connectivity index (χ0n) is 11.4. The van der Waals surface area contributed by atoms with Gasteiger partial charge in [-0.3, -0.25) is 4.57 Å². The molecule has 0 aliphatic carbocycles. The summed E-state index contributed by atoms with van der Waals surface area (Å²) in [6.45, 7) is -0.585. The number of aromatic nitrogens is 4. The fourth-order valence-electron chi connectivity index (χ4n) is 2.43. The third kappa shape index (κ3) is 2.12. The fourth-order valence-corrected chi connectivity index (χ4v) is 2.43. The fraction of sp³-hybridized carbons (Fsp3) is 0.417. The van der Waals surface area contributed by atoms with E-state index in [1.54, 1.807) is 7.05 Å². The molecule has 3 atom stereocenters. The first kappa shape index (κ1) is 14.8. The standard InChI is InChI=1S/C12H13F2N5O3/c1-15-10-7-11(17-3-16-10)19(4-18-7)12-6(9(13)14)8(21)5(2-20)22-12/h3-5,8,12,20-21H,2H2,1H3,(H,15,16,17)/t5-,8-,12-/m1/s1. The second kappa shape index (κ2) is 5.55. The number of hydrogen-bond donors (Lipinski definition) is 3. The number of nitrogens with one attached hydrogen (secondary N) is 1. The van der Waals surface area contributed by atoms with Gasteiger partial charge in [0.25, 0.3) is 6.08 Å². The Kier molecular flexibility index (Phi) is 3.72. The van der Waals surface area contributed by atoms with Crippen molar-refractivity contribution in [3.05, 3.63) is 24.3 Å². The highest BCUT2D eigenvalue weighted by molar-refractivity contribution is 5.82. The van der Waals surface area contributed by atoms with Crippen LogP contribution in [0.1, 0.15) is 6.23 Å². The maximum absolute atomic E-state index is 13.2. The van der Waals surface area contributed by atoms with Gasteiger partial charge in [0, 0.05) is 7.05 Å². The summed E-state index contributed by atoms with van der Waals surface area (Å²) < 4.78 is 32.9. The van der Waals surface area contributed by atoms with Gasteiger partial charge in [0.05, 0.1) is 18.5 Å². The van der Waals surface area contributed by atoms with Crippen LogP contribution in [-0.4, -0.2) is 55.6 Å². The Balaban J connectivity index is 2.13. The second-order valence-corrected chi connectivity index (χ2v) is 4.67. The molecule has 0 amide bonds. The van der Waals surface area contributed by atoms with Crippen molar-refractivity contribution < 1.29 is 23.7 Å². The summed E-state index contributed by atoms with van der Waals surface area (Å²) >= 11 is 0. The smallest absolute Gasteiger partial charge is 0.276 e. The summed E-state index contributed by atoms with van der Waals surface area (Å²) in [7, 11) is 1.64. The number of rotatable bonds is 3. The predicted octanol–water partition coefficient (Wildman–Crippen LogP) is 0.269. The van der Waals surface area contributed by atoms with E-state index in [1.165, 1.54) is 17.2 Å². The zero-order valence-corrected chi connectivity index (χ0v) is 11.4. The molecule has 0 aromatic carbocycles. The number of imidazole rings is 1. The zero-order chi connectivity index (χ0) is 15.9. The third-order valence-corrected chi connectivity index (χ3v) is 3.49. The Hall–Kier alpha value is -2.17. The first-order valence-corrected chi connectivity index (χ1v) is 6.43. The minimum Gasteiger partial charge on any atom is -0.394 e. The van der Waals surface area contributed by atoms with E-state index in [0.29, 0.717) is 11.3 Å². The molecule has 3 N–H and O–H groups in total. The van der Waals surface area contributed by atoms with E-state index in [2.05, 4.69) is 20.3 Å². The van der Waals surface area contributed by atoms with E-state index >= 15 is 0 Å². The van der Waals surface area contributed by atoms with Crippen LogP contribution in [0.4, 0.5) is 14.6 Å². The van der Waals surface area contributed by atoms with Crippen molar-refractivity contribution >= 4 is 17.0 Å². The molecule has 8 nitrogen and oxygen atoms in total. The summed E-state index contributed by atoms with van der Waals surface area (Å²) in [6, 6.07) is 0. The van der Waals surface area contributed by atoms with E-state index in [4.69, 9.17) is 9.84 Å². The van der Waals surface area contributed by atoms with Gasteiger partial charge in [-0.05, 0) is 0 Å². The molecule has 0 unspecified atom stereocenters. The largest absolute Gasteiger partial charge is 0.394 e. The number of hydrogen-bond acceptors (Lipinski definition) is 7. The normalized spacial score (nSPS) is 25.0. The van der Waals surface area contributed by atoms with Gasteiger partial charge in [-0.1, -0.05) is 0 Å². The van der Waals surface area contributed by atoms with Crippen LogP contribution in [0.2, 0.25) is 0 Å². The first-order valence-electron chi connectivity index (χ1n) is 6.43. The van der Waals surface area contributed by atoms with Crippen molar-refractivity contribution in [3.8, 4) is 0 Å². The highest BCUT2D eigenvalue weighted by atomic mass is 19.3. The highest BCUT2D eigenvalue weighted by Gasteiger charge is 2.43.